The van der Waals surface area contributed by atoms with E-state index in [1.807, 2.05) is 25.1 Å². The lowest BCUT2D eigenvalue weighted by molar-refractivity contribution is 0.0314. The van der Waals surface area contributed by atoms with Crippen molar-refractivity contribution in [3.63, 3.8) is 0 Å². The Morgan fingerprint density at radius 1 is 1.00 bits per heavy atom. The fraction of sp³-hybridized carbons (Fsp3) is 0.448. The van der Waals surface area contributed by atoms with Crippen LogP contribution in [-0.2, 0) is 4.74 Å². The molecule has 1 aromatic heterocycles. The summed E-state index contributed by atoms with van der Waals surface area (Å²) in [6.45, 7) is 8.83. The fourth-order valence-electron chi connectivity index (χ4n) is 5.05. The lowest BCUT2D eigenvalue weighted by Crippen LogP contribution is -2.42. The number of rotatable bonds is 10. The van der Waals surface area contributed by atoms with Crippen LogP contribution in [0.2, 0.25) is 0 Å². The number of morpholine rings is 1. The first-order valence-electron chi connectivity index (χ1n) is 13.3. The predicted molar refractivity (Wildman–Crippen MR) is 141 cm³/mol. The van der Waals surface area contributed by atoms with Crippen molar-refractivity contribution in [2.45, 2.75) is 32.7 Å². The maximum absolute atomic E-state index is 14.1. The highest BCUT2D eigenvalue weighted by atomic mass is 19.1. The highest BCUT2D eigenvalue weighted by Crippen LogP contribution is 2.41. The second kappa shape index (κ2) is 11.5. The van der Waals surface area contributed by atoms with E-state index >= 15 is 0 Å². The minimum absolute atomic E-state index is 0.00215. The zero-order valence-corrected chi connectivity index (χ0v) is 21.8. The lowest BCUT2D eigenvalue weighted by Gasteiger charge is -2.31. The number of unbranched alkanes of at least 4 members (excludes halogenated alkanes) is 1. The van der Waals surface area contributed by atoms with Crippen molar-refractivity contribution in [2.24, 2.45) is 0 Å². The number of nitrogens with zero attached hydrogens (tertiary/aromatic N) is 2. The Hall–Kier alpha value is -3.43. The molecule has 8 nitrogen and oxygen atoms in total. The van der Waals surface area contributed by atoms with Gasteiger partial charge in [-0.1, -0.05) is 19.4 Å². The molecule has 0 bridgehead atoms. The van der Waals surface area contributed by atoms with Gasteiger partial charge in [0.2, 0.25) is 5.76 Å². The van der Waals surface area contributed by atoms with E-state index in [1.165, 1.54) is 12.1 Å². The van der Waals surface area contributed by atoms with Gasteiger partial charge in [-0.05, 0) is 49.2 Å². The van der Waals surface area contributed by atoms with Gasteiger partial charge in [0.05, 0.1) is 43.4 Å². The van der Waals surface area contributed by atoms with Crippen molar-refractivity contribution in [2.75, 3.05) is 52.6 Å². The van der Waals surface area contributed by atoms with Gasteiger partial charge in [0.25, 0.3) is 5.91 Å². The standard InChI is InChI=1S/C29H33FN2O6/c1-3-5-14-37-23-8-6-19(17-24(23)36-4-2)26-25-27(33)21-18-20(30)7-9-22(21)38-28(25)29(34)32(26)11-10-31-12-15-35-16-13-31/h6-9,17-18,26H,3-5,10-16H2,1-2H3. The van der Waals surface area contributed by atoms with Crippen LogP contribution in [0.4, 0.5) is 4.39 Å². The molecule has 0 spiro atoms. The van der Waals surface area contributed by atoms with E-state index < -0.39 is 17.3 Å². The third-order valence-electron chi connectivity index (χ3n) is 7.03. The van der Waals surface area contributed by atoms with Gasteiger partial charge in [-0.2, -0.15) is 0 Å². The quantitative estimate of drug-likeness (QED) is 0.364. The van der Waals surface area contributed by atoms with E-state index in [0.717, 1.165) is 32.0 Å². The Morgan fingerprint density at radius 2 is 1.82 bits per heavy atom. The van der Waals surface area contributed by atoms with Crippen molar-refractivity contribution >= 4 is 16.9 Å². The van der Waals surface area contributed by atoms with Crippen LogP contribution >= 0.6 is 0 Å². The summed E-state index contributed by atoms with van der Waals surface area (Å²) >= 11 is 0. The maximum Gasteiger partial charge on any atom is 0.290 e. The number of hydrogen-bond donors (Lipinski definition) is 0. The molecule has 2 aliphatic heterocycles. The molecule has 1 saturated heterocycles. The molecule has 202 valence electrons. The van der Waals surface area contributed by atoms with Gasteiger partial charge in [-0.3, -0.25) is 14.5 Å². The summed E-state index contributed by atoms with van der Waals surface area (Å²) in [5, 5.41) is 0.112. The van der Waals surface area contributed by atoms with Crippen LogP contribution in [0.15, 0.2) is 45.6 Å². The van der Waals surface area contributed by atoms with E-state index in [4.69, 9.17) is 18.6 Å². The van der Waals surface area contributed by atoms with E-state index in [0.29, 0.717) is 56.6 Å². The molecule has 2 aromatic carbocycles. The minimum atomic E-state index is -0.702. The lowest BCUT2D eigenvalue weighted by atomic mass is 9.98. The molecule has 5 rings (SSSR count). The first-order valence-corrected chi connectivity index (χ1v) is 13.3. The molecule has 3 aromatic rings. The molecule has 1 amide bonds. The molecule has 1 fully saturated rings. The number of hydrogen-bond acceptors (Lipinski definition) is 7. The zero-order valence-electron chi connectivity index (χ0n) is 21.8. The highest BCUT2D eigenvalue weighted by Gasteiger charge is 2.43. The molecule has 0 saturated carbocycles. The maximum atomic E-state index is 14.1. The molecule has 2 aliphatic rings. The summed E-state index contributed by atoms with van der Waals surface area (Å²) in [6, 6.07) is 8.57. The molecule has 1 atom stereocenters. The van der Waals surface area contributed by atoms with Gasteiger partial charge < -0.3 is 23.5 Å². The number of halogens is 1. The van der Waals surface area contributed by atoms with Gasteiger partial charge in [0, 0.05) is 26.2 Å². The van der Waals surface area contributed by atoms with Crippen molar-refractivity contribution in [3.8, 4) is 11.5 Å². The number of amides is 1. The Morgan fingerprint density at radius 3 is 2.58 bits per heavy atom. The number of carbonyl (C=O) groups excluding carboxylic acids is 1. The topological polar surface area (TPSA) is 81.5 Å². The summed E-state index contributed by atoms with van der Waals surface area (Å²) in [5.41, 5.74) is 0.701. The fourth-order valence-corrected chi connectivity index (χ4v) is 5.05. The second-order valence-electron chi connectivity index (χ2n) is 9.51. The summed E-state index contributed by atoms with van der Waals surface area (Å²) in [6.07, 6.45) is 1.92. The van der Waals surface area contributed by atoms with Gasteiger partial charge in [0.1, 0.15) is 11.4 Å². The van der Waals surface area contributed by atoms with Crippen LogP contribution < -0.4 is 14.9 Å². The van der Waals surface area contributed by atoms with Crippen molar-refractivity contribution in [1.29, 1.82) is 0 Å². The van der Waals surface area contributed by atoms with Crippen LogP contribution in [0.1, 0.15) is 54.4 Å². The molecule has 1 unspecified atom stereocenters. The SMILES string of the molecule is CCCCOc1ccc(C2c3c(oc4ccc(F)cc4c3=O)C(=O)N2CCN2CCOCC2)cc1OCC. The van der Waals surface area contributed by atoms with Crippen molar-refractivity contribution < 1.29 is 27.8 Å². The second-order valence-corrected chi connectivity index (χ2v) is 9.51. The average Bonchev–Trinajstić information content (AvgIpc) is 3.21. The van der Waals surface area contributed by atoms with Crippen LogP contribution in [0.25, 0.3) is 11.0 Å². The third kappa shape index (κ3) is 5.13. The first-order chi connectivity index (χ1) is 18.5. The van der Waals surface area contributed by atoms with Crippen LogP contribution in [-0.4, -0.2) is 68.3 Å². The van der Waals surface area contributed by atoms with Gasteiger partial charge in [-0.25, -0.2) is 4.39 Å². The smallest absolute Gasteiger partial charge is 0.290 e. The Balaban J connectivity index is 1.58. The summed E-state index contributed by atoms with van der Waals surface area (Å²) in [5.74, 6) is 0.263. The zero-order chi connectivity index (χ0) is 26.6. The van der Waals surface area contributed by atoms with Crippen LogP contribution in [0, 0.1) is 5.82 Å². The van der Waals surface area contributed by atoms with E-state index in [-0.39, 0.29) is 28.2 Å². The number of benzene rings is 2. The molecule has 38 heavy (non-hydrogen) atoms. The molecular formula is C29H33FN2O6. The normalized spacial score (nSPS) is 17.7. The monoisotopic (exact) mass is 524 g/mol. The van der Waals surface area contributed by atoms with Crippen LogP contribution in [0.5, 0.6) is 11.5 Å². The molecule has 3 heterocycles. The Labute approximate surface area is 220 Å². The third-order valence-corrected chi connectivity index (χ3v) is 7.03. The minimum Gasteiger partial charge on any atom is -0.490 e. The first kappa shape index (κ1) is 26.2. The summed E-state index contributed by atoms with van der Waals surface area (Å²) in [4.78, 5) is 31.3. The number of ether oxygens (including phenoxy) is 3. The number of fused-ring (bicyclic) bond motifs is 2. The van der Waals surface area contributed by atoms with Crippen molar-refractivity contribution in [3.05, 3.63) is 69.3 Å². The van der Waals surface area contributed by atoms with Gasteiger partial charge in [0.15, 0.2) is 16.9 Å². The average molecular weight is 525 g/mol. The van der Waals surface area contributed by atoms with Gasteiger partial charge in [-0.15, -0.1) is 0 Å². The Bertz CT molecular complexity index is 1370. The van der Waals surface area contributed by atoms with Crippen LogP contribution in [0.3, 0.4) is 0 Å². The highest BCUT2D eigenvalue weighted by molar-refractivity contribution is 5.99. The van der Waals surface area contributed by atoms with Crippen molar-refractivity contribution in [1.82, 2.24) is 9.80 Å². The molecule has 0 aliphatic carbocycles. The largest absolute Gasteiger partial charge is 0.490 e. The van der Waals surface area contributed by atoms with E-state index in [1.54, 1.807) is 4.90 Å². The van der Waals surface area contributed by atoms with E-state index in [2.05, 4.69) is 11.8 Å². The molecular weight excluding hydrogens is 491 g/mol. The predicted octanol–water partition coefficient (Wildman–Crippen LogP) is 4.39. The molecule has 9 heteroatoms. The Kier molecular flexibility index (Phi) is 7.95. The van der Waals surface area contributed by atoms with Gasteiger partial charge >= 0.3 is 0 Å². The molecule has 0 N–H and O–H groups in total. The summed E-state index contributed by atoms with van der Waals surface area (Å²) < 4.78 is 37.3. The summed E-state index contributed by atoms with van der Waals surface area (Å²) in [7, 11) is 0. The molecule has 0 radical (unpaired) electrons. The number of carbonyl (C=O) groups is 1. The van der Waals surface area contributed by atoms with E-state index in [9.17, 15) is 14.0 Å².